The van der Waals surface area contributed by atoms with Crippen LogP contribution in [0.15, 0.2) is 146 Å². The summed E-state index contributed by atoms with van der Waals surface area (Å²) in [5.41, 5.74) is 8.83. The van der Waals surface area contributed by atoms with Gasteiger partial charge in [-0.1, -0.05) is 97.1 Å². The van der Waals surface area contributed by atoms with Crippen LogP contribution in [-0.2, 0) is 0 Å². The molecule has 6 aromatic rings. The Labute approximate surface area is 205 Å². The van der Waals surface area contributed by atoms with Gasteiger partial charge in [-0.2, -0.15) is 0 Å². The summed E-state index contributed by atoms with van der Waals surface area (Å²) in [4.78, 5) is 7.28. The highest BCUT2D eigenvalue weighted by atomic mass is 15.1. The summed E-state index contributed by atoms with van der Waals surface area (Å²) in [6, 6.07) is 50.7. The third-order valence-electron chi connectivity index (χ3n) is 6.25. The fourth-order valence-corrected chi connectivity index (χ4v) is 4.56. The van der Waals surface area contributed by atoms with Crippen LogP contribution < -0.4 is 4.90 Å². The SMILES string of the molecule is c1ccc(-c2cc(-c3ccc(N(c4ccccc4)c4ccccc4)cc3)nc3ccccc23)cc1. The maximum Gasteiger partial charge on any atom is 0.0715 e. The second-order valence-corrected chi connectivity index (χ2v) is 8.49. The molecule has 6 rings (SSSR count). The maximum atomic E-state index is 5.01. The third-order valence-corrected chi connectivity index (χ3v) is 6.25. The Morgan fingerprint density at radius 2 is 0.943 bits per heavy atom. The van der Waals surface area contributed by atoms with Gasteiger partial charge in [-0.05, 0) is 59.7 Å². The zero-order chi connectivity index (χ0) is 23.5. The predicted molar refractivity (Wildman–Crippen MR) is 147 cm³/mol. The first kappa shape index (κ1) is 20.9. The number of rotatable bonds is 5. The van der Waals surface area contributed by atoms with Gasteiger partial charge in [-0.3, -0.25) is 0 Å². The fraction of sp³-hybridized carbons (Fsp3) is 0. The number of hydrogen-bond donors (Lipinski definition) is 0. The molecule has 0 atom stereocenters. The van der Waals surface area contributed by atoms with E-state index in [0.29, 0.717) is 0 Å². The number of pyridine rings is 1. The number of aromatic nitrogens is 1. The zero-order valence-corrected chi connectivity index (χ0v) is 19.3. The highest BCUT2D eigenvalue weighted by Crippen LogP contribution is 2.36. The first-order valence-electron chi connectivity index (χ1n) is 11.8. The van der Waals surface area contributed by atoms with Gasteiger partial charge in [-0.15, -0.1) is 0 Å². The number of hydrogen-bond acceptors (Lipinski definition) is 2. The molecule has 1 heterocycles. The standard InChI is InChI=1S/C33H24N2/c1-4-12-25(13-5-1)31-24-33(34-32-19-11-10-18-30(31)32)26-20-22-29(23-21-26)35(27-14-6-2-7-15-27)28-16-8-3-9-17-28/h1-24H. The van der Waals surface area contributed by atoms with Gasteiger partial charge in [0.2, 0.25) is 0 Å². The molecule has 0 saturated carbocycles. The summed E-state index contributed by atoms with van der Waals surface area (Å²) in [5, 5.41) is 1.17. The second kappa shape index (κ2) is 9.28. The lowest BCUT2D eigenvalue weighted by Gasteiger charge is -2.25. The van der Waals surface area contributed by atoms with Gasteiger partial charge >= 0.3 is 0 Å². The summed E-state index contributed by atoms with van der Waals surface area (Å²) < 4.78 is 0. The molecule has 0 N–H and O–H groups in total. The molecule has 0 saturated heterocycles. The van der Waals surface area contributed by atoms with E-state index >= 15 is 0 Å². The minimum Gasteiger partial charge on any atom is -0.311 e. The van der Waals surface area contributed by atoms with Crippen LogP contribution in [0.5, 0.6) is 0 Å². The molecule has 0 aliphatic rings. The van der Waals surface area contributed by atoms with Crippen molar-refractivity contribution in [2.24, 2.45) is 0 Å². The van der Waals surface area contributed by atoms with Crippen LogP contribution in [0.4, 0.5) is 17.1 Å². The molecule has 35 heavy (non-hydrogen) atoms. The van der Waals surface area contributed by atoms with Gasteiger partial charge in [-0.25, -0.2) is 4.98 Å². The number of fused-ring (bicyclic) bond motifs is 1. The van der Waals surface area contributed by atoms with Crippen LogP contribution in [0.25, 0.3) is 33.3 Å². The van der Waals surface area contributed by atoms with Crippen LogP contribution >= 0.6 is 0 Å². The van der Waals surface area contributed by atoms with E-state index in [1.807, 2.05) is 12.1 Å². The van der Waals surface area contributed by atoms with Crippen molar-refractivity contribution in [2.75, 3.05) is 4.90 Å². The number of para-hydroxylation sites is 3. The van der Waals surface area contributed by atoms with Crippen molar-refractivity contribution < 1.29 is 0 Å². The molecule has 0 aliphatic carbocycles. The third kappa shape index (κ3) is 4.18. The van der Waals surface area contributed by atoms with Crippen molar-refractivity contribution in [1.82, 2.24) is 4.98 Å². The van der Waals surface area contributed by atoms with Crippen LogP contribution in [0.2, 0.25) is 0 Å². The Morgan fingerprint density at radius 3 is 1.57 bits per heavy atom. The molecule has 0 radical (unpaired) electrons. The van der Waals surface area contributed by atoms with Crippen LogP contribution in [0.1, 0.15) is 0 Å². The summed E-state index contributed by atoms with van der Waals surface area (Å²) >= 11 is 0. The molecule has 0 aliphatic heterocycles. The number of anilines is 3. The quantitative estimate of drug-likeness (QED) is 0.261. The van der Waals surface area contributed by atoms with E-state index in [0.717, 1.165) is 33.8 Å². The lowest BCUT2D eigenvalue weighted by atomic mass is 9.98. The van der Waals surface area contributed by atoms with E-state index < -0.39 is 0 Å². The lowest BCUT2D eigenvalue weighted by molar-refractivity contribution is 1.28. The molecule has 2 nitrogen and oxygen atoms in total. The molecule has 0 unspecified atom stereocenters. The zero-order valence-electron chi connectivity index (χ0n) is 19.3. The van der Waals surface area contributed by atoms with Gasteiger partial charge in [0.05, 0.1) is 11.2 Å². The molecule has 0 amide bonds. The van der Waals surface area contributed by atoms with Crippen molar-refractivity contribution in [3.63, 3.8) is 0 Å². The van der Waals surface area contributed by atoms with Gasteiger partial charge in [0, 0.05) is 28.0 Å². The van der Waals surface area contributed by atoms with E-state index in [9.17, 15) is 0 Å². The van der Waals surface area contributed by atoms with E-state index in [2.05, 4.69) is 138 Å². The number of nitrogens with zero attached hydrogens (tertiary/aromatic N) is 2. The van der Waals surface area contributed by atoms with Gasteiger partial charge in [0.25, 0.3) is 0 Å². The minimum atomic E-state index is 0.972. The monoisotopic (exact) mass is 448 g/mol. The second-order valence-electron chi connectivity index (χ2n) is 8.49. The lowest BCUT2D eigenvalue weighted by Crippen LogP contribution is -2.09. The Hall–Kier alpha value is -4.69. The molecule has 0 bridgehead atoms. The summed E-state index contributed by atoms with van der Waals surface area (Å²) in [7, 11) is 0. The maximum absolute atomic E-state index is 5.01. The molecule has 0 fully saturated rings. The van der Waals surface area contributed by atoms with Crippen LogP contribution in [0, 0.1) is 0 Å². The Kier molecular flexibility index (Phi) is 5.54. The van der Waals surface area contributed by atoms with E-state index in [1.54, 1.807) is 0 Å². The van der Waals surface area contributed by atoms with Gasteiger partial charge in [0.15, 0.2) is 0 Å². The molecule has 0 spiro atoms. The predicted octanol–water partition coefficient (Wildman–Crippen LogP) is 9.04. The van der Waals surface area contributed by atoms with Crippen molar-refractivity contribution >= 4 is 28.0 Å². The van der Waals surface area contributed by atoms with Crippen LogP contribution in [-0.4, -0.2) is 4.98 Å². The minimum absolute atomic E-state index is 0.972. The van der Waals surface area contributed by atoms with E-state index in [1.165, 1.54) is 16.5 Å². The summed E-state index contributed by atoms with van der Waals surface area (Å²) in [6.07, 6.45) is 0. The van der Waals surface area contributed by atoms with E-state index in [-0.39, 0.29) is 0 Å². The molecular formula is C33H24N2. The largest absolute Gasteiger partial charge is 0.311 e. The average molecular weight is 449 g/mol. The van der Waals surface area contributed by atoms with Crippen LogP contribution in [0.3, 0.4) is 0 Å². The smallest absolute Gasteiger partial charge is 0.0715 e. The Morgan fingerprint density at radius 1 is 0.429 bits per heavy atom. The van der Waals surface area contributed by atoms with Crippen molar-refractivity contribution in [2.45, 2.75) is 0 Å². The first-order valence-corrected chi connectivity index (χ1v) is 11.8. The average Bonchev–Trinajstić information content (AvgIpc) is 2.95. The Bertz CT molecular complexity index is 1520. The molecule has 2 heteroatoms. The molecule has 1 aromatic heterocycles. The van der Waals surface area contributed by atoms with Gasteiger partial charge in [0.1, 0.15) is 0 Å². The fourth-order valence-electron chi connectivity index (χ4n) is 4.56. The molecule has 166 valence electrons. The van der Waals surface area contributed by atoms with Gasteiger partial charge < -0.3 is 4.90 Å². The molecular weight excluding hydrogens is 424 g/mol. The summed E-state index contributed by atoms with van der Waals surface area (Å²) in [5.74, 6) is 0. The number of benzene rings is 5. The summed E-state index contributed by atoms with van der Waals surface area (Å²) in [6.45, 7) is 0. The first-order chi connectivity index (χ1) is 17.4. The molecule has 5 aromatic carbocycles. The van der Waals surface area contributed by atoms with Crippen molar-refractivity contribution in [3.05, 3.63) is 146 Å². The normalized spacial score (nSPS) is 10.9. The Balaban J connectivity index is 1.44. The van der Waals surface area contributed by atoms with Crippen molar-refractivity contribution in [3.8, 4) is 22.4 Å². The highest BCUT2D eigenvalue weighted by Gasteiger charge is 2.13. The topological polar surface area (TPSA) is 16.1 Å². The van der Waals surface area contributed by atoms with Crippen molar-refractivity contribution in [1.29, 1.82) is 0 Å². The highest BCUT2D eigenvalue weighted by molar-refractivity contribution is 5.96. The van der Waals surface area contributed by atoms with E-state index in [4.69, 9.17) is 4.98 Å².